The first kappa shape index (κ1) is 22.7. The van der Waals surface area contributed by atoms with Crippen molar-refractivity contribution in [3.05, 3.63) is 48.0 Å². The van der Waals surface area contributed by atoms with E-state index in [2.05, 4.69) is 25.2 Å². The molecule has 0 unspecified atom stereocenters. The molecular formula is C20H20N6O5S. The van der Waals surface area contributed by atoms with Crippen molar-refractivity contribution < 1.29 is 22.7 Å². The number of methoxy groups -OCH3 is 2. The Labute approximate surface area is 184 Å². The maximum Gasteiger partial charge on any atom is 0.258 e. The maximum absolute atomic E-state index is 12.5. The molecule has 0 fully saturated rings. The van der Waals surface area contributed by atoms with Crippen molar-refractivity contribution in [2.75, 3.05) is 26.1 Å². The largest absolute Gasteiger partial charge is 0.497 e. The minimum Gasteiger partial charge on any atom is -0.497 e. The normalized spacial score (nSPS) is 10.9. The third-order valence-electron chi connectivity index (χ3n) is 4.33. The highest BCUT2D eigenvalue weighted by Gasteiger charge is 2.17. The average Bonchev–Trinajstić information content (AvgIpc) is 3.26. The van der Waals surface area contributed by atoms with Gasteiger partial charge in [0.2, 0.25) is 16.0 Å². The molecule has 3 rings (SSSR count). The van der Waals surface area contributed by atoms with Gasteiger partial charge in [0, 0.05) is 24.6 Å². The summed E-state index contributed by atoms with van der Waals surface area (Å²) in [4.78, 5) is 16.7. The Morgan fingerprint density at radius 3 is 2.56 bits per heavy atom. The van der Waals surface area contributed by atoms with Gasteiger partial charge in [-0.2, -0.15) is 10.2 Å². The molecule has 0 aliphatic heterocycles. The van der Waals surface area contributed by atoms with Crippen LogP contribution in [0.2, 0.25) is 0 Å². The molecule has 166 valence electrons. The van der Waals surface area contributed by atoms with Crippen LogP contribution in [-0.2, 0) is 10.0 Å². The first-order chi connectivity index (χ1) is 15.4. The summed E-state index contributed by atoms with van der Waals surface area (Å²) in [6.07, 6.45) is 0.0563. The van der Waals surface area contributed by atoms with E-state index in [1.165, 1.54) is 31.4 Å². The number of rotatable bonds is 9. The van der Waals surface area contributed by atoms with Crippen molar-refractivity contribution >= 4 is 21.9 Å². The second-order valence-corrected chi connectivity index (χ2v) is 8.13. The fraction of sp³-hybridized carbons (Fsp3) is 0.200. The average molecular weight is 456 g/mol. The van der Waals surface area contributed by atoms with Gasteiger partial charge in [-0.1, -0.05) is 0 Å². The van der Waals surface area contributed by atoms with Gasteiger partial charge in [-0.15, -0.1) is 5.10 Å². The molecule has 1 heterocycles. The predicted molar refractivity (Wildman–Crippen MR) is 115 cm³/mol. The van der Waals surface area contributed by atoms with Crippen LogP contribution in [0, 0.1) is 11.3 Å². The molecule has 0 radical (unpaired) electrons. The number of anilines is 1. The summed E-state index contributed by atoms with van der Waals surface area (Å²) in [5.74, 6) is 1.03. The lowest BCUT2D eigenvalue weighted by Gasteiger charge is -2.08. The Morgan fingerprint density at radius 2 is 1.91 bits per heavy atom. The van der Waals surface area contributed by atoms with E-state index in [0.717, 1.165) is 0 Å². The Kier molecular flexibility index (Phi) is 7.04. The second-order valence-electron chi connectivity index (χ2n) is 6.36. The zero-order valence-corrected chi connectivity index (χ0v) is 18.1. The summed E-state index contributed by atoms with van der Waals surface area (Å²) < 4.78 is 37.1. The second kappa shape index (κ2) is 9.90. The first-order valence-electron chi connectivity index (χ1n) is 9.30. The zero-order valence-electron chi connectivity index (χ0n) is 17.2. The molecule has 0 aliphatic carbocycles. The molecule has 2 aromatic carbocycles. The Bertz CT molecular complexity index is 1250. The molecule has 1 aromatic heterocycles. The van der Waals surface area contributed by atoms with E-state index >= 15 is 0 Å². The Balaban J connectivity index is 1.71. The molecule has 11 nitrogen and oxygen atoms in total. The highest BCUT2D eigenvalue weighted by atomic mass is 32.2. The molecule has 12 heteroatoms. The summed E-state index contributed by atoms with van der Waals surface area (Å²) in [6, 6.07) is 12.4. The summed E-state index contributed by atoms with van der Waals surface area (Å²) >= 11 is 0. The molecule has 0 saturated heterocycles. The number of carbonyl (C=O) groups is 1. The zero-order chi connectivity index (χ0) is 23.1. The van der Waals surface area contributed by atoms with E-state index in [9.17, 15) is 13.2 Å². The fourth-order valence-electron chi connectivity index (χ4n) is 2.72. The quantitative estimate of drug-likeness (QED) is 0.412. The van der Waals surface area contributed by atoms with Crippen LogP contribution in [0.3, 0.4) is 0 Å². The predicted octanol–water partition coefficient (Wildman–Crippen LogP) is 1.93. The van der Waals surface area contributed by atoms with E-state index in [0.29, 0.717) is 22.9 Å². The lowest BCUT2D eigenvalue weighted by atomic mass is 10.2. The van der Waals surface area contributed by atoms with Gasteiger partial charge >= 0.3 is 0 Å². The third-order valence-corrected chi connectivity index (χ3v) is 5.81. The third kappa shape index (κ3) is 5.20. The number of hydrogen-bond donors (Lipinski definition) is 3. The Morgan fingerprint density at radius 1 is 1.16 bits per heavy atom. The summed E-state index contributed by atoms with van der Waals surface area (Å²) in [7, 11) is -0.697. The van der Waals surface area contributed by atoms with Crippen LogP contribution in [-0.4, -0.2) is 50.3 Å². The molecule has 3 aromatic rings. The number of sulfonamides is 1. The van der Waals surface area contributed by atoms with Crippen LogP contribution in [0.15, 0.2) is 47.4 Å². The van der Waals surface area contributed by atoms with E-state index in [-0.39, 0.29) is 29.4 Å². The number of ether oxygens (including phenoxy) is 2. The molecule has 0 bridgehead atoms. The summed E-state index contributed by atoms with van der Waals surface area (Å²) in [6.45, 7) is 0.00716. The highest BCUT2D eigenvalue weighted by molar-refractivity contribution is 7.89. The number of nitriles is 1. The van der Waals surface area contributed by atoms with Gasteiger partial charge in [0.05, 0.1) is 30.7 Å². The lowest BCUT2D eigenvalue weighted by Crippen LogP contribution is -2.24. The van der Waals surface area contributed by atoms with Gasteiger partial charge in [-0.05, 0) is 36.4 Å². The van der Waals surface area contributed by atoms with Crippen LogP contribution in [0.1, 0.15) is 16.8 Å². The minimum absolute atomic E-state index is 0.00716. The fourth-order valence-corrected chi connectivity index (χ4v) is 3.75. The van der Waals surface area contributed by atoms with Gasteiger partial charge in [0.1, 0.15) is 11.5 Å². The molecule has 0 spiro atoms. The number of carbonyl (C=O) groups excluding carboxylic acids is 1. The van der Waals surface area contributed by atoms with E-state index < -0.39 is 15.9 Å². The molecule has 0 aliphatic rings. The Hall–Kier alpha value is -3.95. The topological polar surface area (TPSA) is 159 Å². The van der Waals surface area contributed by atoms with E-state index in [1.807, 2.05) is 6.07 Å². The number of nitrogens with one attached hydrogen (secondary N) is 3. The number of nitrogens with zero attached hydrogens (tertiary/aromatic N) is 3. The molecule has 3 N–H and O–H groups in total. The number of amides is 1. The van der Waals surface area contributed by atoms with Crippen LogP contribution >= 0.6 is 0 Å². The molecule has 32 heavy (non-hydrogen) atoms. The number of H-pyrrole nitrogens is 1. The van der Waals surface area contributed by atoms with Crippen molar-refractivity contribution in [3.63, 3.8) is 0 Å². The van der Waals surface area contributed by atoms with Crippen LogP contribution in [0.4, 0.5) is 5.95 Å². The van der Waals surface area contributed by atoms with Gasteiger partial charge in [-0.25, -0.2) is 13.1 Å². The monoisotopic (exact) mass is 456 g/mol. The standard InChI is InChI=1S/C20H20N6O5S/c1-30-14-6-9-16(17(12-14)31-2)18-23-20(26-25-18)24-19(27)13-4-7-15(8-5-13)32(28,29)22-11-3-10-21/h4-9,12,22H,3,11H2,1-2H3,(H2,23,24,25,26,27). The van der Waals surface area contributed by atoms with Gasteiger partial charge in [0.15, 0.2) is 5.82 Å². The van der Waals surface area contributed by atoms with Gasteiger partial charge < -0.3 is 9.47 Å². The number of aromatic amines is 1. The molecular weight excluding hydrogens is 436 g/mol. The highest BCUT2D eigenvalue weighted by Crippen LogP contribution is 2.31. The lowest BCUT2D eigenvalue weighted by molar-refractivity contribution is 0.102. The maximum atomic E-state index is 12.5. The SMILES string of the molecule is COc1ccc(-c2nc(NC(=O)c3ccc(S(=O)(=O)NCCC#N)cc3)n[nH]2)c(OC)c1. The van der Waals surface area contributed by atoms with Crippen molar-refractivity contribution in [3.8, 4) is 29.0 Å². The number of aromatic nitrogens is 3. The van der Waals surface area contributed by atoms with Crippen LogP contribution in [0.5, 0.6) is 11.5 Å². The van der Waals surface area contributed by atoms with Crippen molar-refractivity contribution in [2.45, 2.75) is 11.3 Å². The summed E-state index contributed by atoms with van der Waals surface area (Å²) in [5.41, 5.74) is 0.842. The van der Waals surface area contributed by atoms with E-state index in [4.69, 9.17) is 14.7 Å². The molecule has 1 amide bonds. The smallest absolute Gasteiger partial charge is 0.258 e. The molecule has 0 saturated carbocycles. The van der Waals surface area contributed by atoms with Crippen LogP contribution < -0.4 is 19.5 Å². The van der Waals surface area contributed by atoms with Crippen LogP contribution in [0.25, 0.3) is 11.4 Å². The van der Waals surface area contributed by atoms with Crippen molar-refractivity contribution in [1.29, 1.82) is 5.26 Å². The van der Waals surface area contributed by atoms with Crippen molar-refractivity contribution in [1.82, 2.24) is 19.9 Å². The number of hydrogen-bond acceptors (Lipinski definition) is 8. The minimum atomic E-state index is -3.76. The summed E-state index contributed by atoms with van der Waals surface area (Å²) in [5, 5.41) is 17.8. The first-order valence-corrected chi connectivity index (χ1v) is 10.8. The van der Waals surface area contributed by atoms with Crippen molar-refractivity contribution in [2.24, 2.45) is 0 Å². The van der Waals surface area contributed by atoms with Gasteiger partial charge in [-0.3, -0.25) is 15.2 Å². The number of benzene rings is 2. The van der Waals surface area contributed by atoms with Gasteiger partial charge in [0.25, 0.3) is 5.91 Å². The van der Waals surface area contributed by atoms with E-state index in [1.54, 1.807) is 25.3 Å². The molecule has 0 atom stereocenters.